The van der Waals surface area contributed by atoms with Crippen LogP contribution in [0.3, 0.4) is 0 Å². The summed E-state index contributed by atoms with van der Waals surface area (Å²) < 4.78 is 11.0. The van der Waals surface area contributed by atoms with E-state index in [1.54, 1.807) is 66.7 Å². The van der Waals surface area contributed by atoms with Gasteiger partial charge in [-0.2, -0.15) is 0 Å². The van der Waals surface area contributed by atoms with Crippen molar-refractivity contribution in [2.24, 2.45) is 0 Å². The predicted octanol–water partition coefficient (Wildman–Crippen LogP) is 4.93. The quantitative estimate of drug-likeness (QED) is 0.426. The van der Waals surface area contributed by atoms with E-state index in [0.29, 0.717) is 16.9 Å². The minimum absolute atomic E-state index is 0.00224. The van der Waals surface area contributed by atoms with Gasteiger partial charge in [-0.05, 0) is 42.0 Å². The van der Waals surface area contributed by atoms with E-state index < -0.39 is 23.5 Å². The maximum absolute atomic E-state index is 13.6. The number of para-hydroxylation sites is 3. The molecule has 33 heavy (non-hydrogen) atoms. The smallest absolute Gasteiger partial charge is 0.294 e. The lowest BCUT2D eigenvalue weighted by Gasteiger charge is -2.27. The Morgan fingerprint density at radius 2 is 1.73 bits per heavy atom. The van der Waals surface area contributed by atoms with E-state index in [0.717, 1.165) is 5.39 Å². The molecule has 0 bridgehead atoms. The number of rotatable bonds is 5. The lowest BCUT2D eigenvalue weighted by molar-refractivity contribution is -0.117. The summed E-state index contributed by atoms with van der Waals surface area (Å²) in [4.78, 5) is 28.0. The summed E-state index contributed by atoms with van der Waals surface area (Å²) in [6.45, 7) is 0. The molecule has 1 amide bonds. The van der Waals surface area contributed by atoms with Crippen LogP contribution in [-0.2, 0) is 4.79 Å². The van der Waals surface area contributed by atoms with Gasteiger partial charge in [0, 0.05) is 5.39 Å². The van der Waals surface area contributed by atoms with Crippen molar-refractivity contribution in [1.82, 2.24) is 0 Å². The average Bonchev–Trinajstić information content (AvgIpc) is 3.38. The molecule has 1 aliphatic heterocycles. The Balaban J connectivity index is 1.69. The number of hydrogen-bond acceptors (Lipinski definition) is 6. The summed E-state index contributed by atoms with van der Waals surface area (Å²) in [5.74, 6) is -1.77. The van der Waals surface area contributed by atoms with Crippen LogP contribution in [0.4, 0.5) is 5.69 Å². The fourth-order valence-corrected chi connectivity index (χ4v) is 4.11. The molecule has 3 aromatic carbocycles. The maximum Gasteiger partial charge on any atom is 0.294 e. The zero-order valence-corrected chi connectivity index (χ0v) is 17.6. The van der Waals surface area contributed by atoms with Crippen molar-refractivity contribution in [3.8, 4) is 11.5 Å². The van der Waals surface area contributed by atoms with E-state index >= 15 is 0 Å². The topological polar surface area (TPSA) is 100 Å². The first-order valence-corrected chi connectivity index (χ1v) is 10.2. The van der Waals surface area contributed by atoms with Crippen LogP contribution in [0.25, 0.3) is 11.0 Å². The molecule has 1 atom stereocenters. The highest BCUT2D eigenvalue weighted by atomic mass is 16.5. The van der Waals surface area contributed by atoms with Crippen LogP contribution >= 0.6 is 0 Å². The molecule has 1 aliphatic rings. The van der Waals surface area contributed by atoms with Gasteiger partial charge < -0.3 is 19.4 Å². The number of aromatic hydroxyl groups is 1. The summed E-state index contributed by atoms with van der Waals surface area (Å²) >= 11 is 0. The normalized spacial score (nSPS) is 16.0. The number of Topliss-reactive ketones (excluding diaryl/α,β-unsaturated/α-hetero) is 1. The number of hydrogen-bond donors (Lipinski definition) is 2. The Kier molecular flexibility index (Phi) is 4.86. The minimum Gasteiger partial charge on any atom is -0.506 e. The number of ketones is 1. The molecule has 2 N–H and O–H groups in total. The van der Waals surface area contributed by atoms with E-state index in [9.17, 15) is 19.8 Å². The number of carbonyl (C=O) groups is 2. The number of aliphatic hydroxyl groups excluding tert-OH is 1. The molecule has 7 nitrogen and oxygen atoms in total. The zero-order chi connectivity index (χ0) is 23.1. The van der Waals surface area contributed by atoms with E-state index in [-0.39, 0.29) is 22.8 Å². The minimum atomic E-state index is -1.01. The highest BCUT2D eigenvalue weighted by Gasteiger charge is 2.46. The van der Waals surface area contributed by atoms with E-state index in [1.807, 2.05) is 6.07 Å². The van der Waals surface area contributed by atoms with Crippen molar-refractivity contribution < 1.29 is 29.0 Å². The largest absolute Gasteiger partial charge is 0.506 e. The molecule has 0 fully saturated rings. The second kappa shape index (κ2) is 7.87. The summed E-state index contributed by atoms with van der Waals surface area (Å²) in [5.41, 5.74) is 1.06. The predicted molar refractivity (Wildman–Crippen MR) is 122 cm³/mol. The molecule has 0 spiro atoms. The highest BCUT2D eigenvalue weighted by Crippen LogP contribution is 2.45. The van der Waals surface area contributed by atoms with Crippen LogP contribution in [0, 0.1) is 0 Å². The number of methoxy groups -OCH3 is 1. The molecule has 1 unspecified atom stereocenters. The van der Waals surface area contributed by atoms with Gasteiger partial charge in [0.25, 0.3) is 5.91 Å². The highest BCUT2D eigenvalue weighted by molar-refractivity contribution is 6.21. The van der Waals surface area contributed by atoms with Crippen LogP contribution in [0.1, 0.15) is 22.2 Å². The summed E-state index contributed by atoms with van der Waals surface area (Å²) in [5, 5.41) is 22.0. The molecule has 0 radical (unpaired) electrons. The van der Waals surface area contributed by atoms with Gasteiger partial charge in [-0.3, -0.25) is 14.5 Å². The Bertz CT molecular complexity index is 1400. The third-order valence-corrected chi connectivity index (χ3v) is 5.65. The molecular formula is C26H19NO6. The lowest BCUT2D eigenvalue weighted by atomic mass is 9.94. The monoisotopic (exact) mass is 441 g/mol. The van der Waals surface area contributed by atoms with Crippen molar-refractivity contribution >= 4 is 28.3 Å². The second-order valence-corrected chi connectivity index (χ2v) is 7.58. The van der Waals surface area contributed by atoms with Crippen LogP contribution in [0.5, 0.6) is 11.5 Å². The number of phenols is 1. The first-order valence-electron chi connectivity index (χ1n) is 10.2. The Morgan fingerprint density at radius 1 is 0.970 bits per heavy atom. The lowest BCUT2D eigenvalue weighted by Crippen LogP contribution is -2.31. The number of furan rings is 1. The van der Waals surface area contributed by atoms with E-state index in [4.69, 9.17) is 9.15 Å². The van der Waals surface area contributed by atoms with Crippen molar-refractivity contribution in [2.45, 2.75) is 6.04 Å². The average molecular weight is 441 g/mol. The third kappa shape index (κ3) is 3.30. The number of aliphatic hydroxyl groups is 1. The molecule has 164 valence electrons. The van der Waals surface area contributed by atoms with Crippen LogP contribution in [0.2, 0.25) is 0 Å². The number of ether oxygens (including phenoxy) is 1. The summed E-state index contributed by atoms with van der Waals surface area (Å²) in [6, 6.07) is 20.8. The number of anilines is 1. The van der Waals surface area contributed by atoms with E-state index in [2.05, 4.69) is 0 Å². The van der Waals surface area contributed by atoms with Crippen molar-refractivity contribution in [1.29, 1.82) is 0 Å². The molecule has 0 aliphatic carbocycles. The SMILES string of the molecule is COc1cccc(C2C(C(=O)c3cc4ccccc4o3)=C(O)C(=O)N2c2ccccc2O)c1. The molecule has 4 aromatic rings. The van der Waals surface area contributed by atoms with Gasteiger partial charge in [-0.15, -0.1) is 0 Å². The van der Waals surface area contributed by atoms with Crippen molar-refractivity contribution in [2.75, 3.05) is 12.0 Å². The number of carbonyl (C=O) groups excluding carboxylic acids is 2. The fourth-order valence-electron chi connectivity index (χ4n) is 4.11. The van der Waals surface area contributed by atoms with Gasteiger partial charge in [0.05, 0.1) is 24.4 Å². The number of phenolic OH excluding ortho intramolecular Hbond substituents is 1. The zero-order valence-electron chi connectivity index (χ0n) is 17.6. The van der Waals surface area contributed by atoms with Crippen LogP contribution in [0.15, 0.2) is 94.6 Å². The molecule has 2 heterocycles. The molecular weight excluding hydrogens is 422 g/mol. The fraction of sp³-hybridized carbons (Fsp3) is 0.0769. The van der Waals surface area contributed by atoms with Gasteiger partial charge in [0.1, 0.15) is 17.1 Å². The van der Waals surface area contributed by atoms with Gasteiger partial charge in [-0.1, -0.05) is 42.5 Å². The first kappa shape index (κ1) is 20.4. The van der Waals surface area contributed by atoms with Crippen molar-refractivity contribution in [3.63, 3.8) is 0 Å². The molecule has 0 saturated carbocycles. The number of nitrogens with zero attached hydrogens (tertiary/aromatic N) is 1. The molecule has 1 aromatic heterocycles. The summed E-state index contributed by atoms with van der Waals surface area (Å²) in [7, 11) is 1.51. The van der Waals surface area contributed by atoms with Crippen molar-refractivity contribution in [3.05, 3.63) is 102 Å². The Hall–Kier alpha value is -4.52. The van der Waals surface area contributed by atoms with Crippen LogP contribution in [-0.4, -0.2) is 29.0 Å². The van der Waals surface area contributed by atoms with Gasteiger partial charge in [-0.25, -0.2) is 0 Å². The van der Waals surface area contributed by atoms with Gasteiger partial charge in [0.2, 0.25) is 5.78 Å². The molecule has 5 rings (SSSR count). The standard InChI is InChI=1S/C26H19NO6/c1-32-17-9-6-8-16(13-17)23-22(24(29)21-14-15-7-2-5-12-20(15)33-21)25(30)26(31)27(23)18-10-3-4-11-19(18)28/h2-14,23,28,30H,1H3. The molecule has 7 heteroatoms. The second-order valence-electron chi connectivity index (χ2n) is 7.58. The van der Waals surface area contributed by atoms with E-state index in [1.165, 1.54) is 18.1 Å². The number of fused-ring (bicyclic) bond motifs is 1. The summed E-state index contributed by atoms with van der Waals surface area (Å²) in [6.07, 6.45) is 0. The maximum atomic E-state index is 13.6. The third-order valence-electron chi connectivity index (χ3n) is 5.65. The van der Waals surface area contributed by atoms with Gasteiger partial charge in [0.15, 0.2) is 11.5 Å². The Labute approximate surface area is 188 Å². The van der Waals surface area contributed by atoms with Crippen LogP contribution < -0.4 is 9.64 Å². The Morgan fingerprint density at radius 3 is 2.48 bits per heavy atom. The number of benzene rings is 3. The number of amides is 1. The first-order chi connectivity index (χ1) is 16.0. The molecule has 0 saturated heterocycles. The van der Waals surface area contributed by atoms with Gasteiger partial charge >= 0.3 is 0 Å².